The van der Waals surface area contributed by atoms with Crippen LogP contribution in [0.25, 0.3) is 0 Å². The fraction of sp³-hybridized carbons (Fsp3) is 0.500. The molecule has 0 amide bonds. The van der Waals surface area contributed by atoms with E-state index in [1.807, 2.05) is 0 Å². The van der Waals surface area contributed by atoms with Gasteiger partial charge in [0.25, 0.3) is 0 Å². The predicted molar refractivity (Wildman–Crippen MR) is 97.1 cm³/mol. The Morgan fingerprint density at radius 1 is 1.60 bits per heavy atom. The minimum atomic E-state index is -0.431. The van der Waals surface area contributed by atoms with Crippen LogP contribution in [0.4, 0.5) is 5.82 Å². The van der Waals surface area contributed by atoms with Gasteiger partial charge in [-0.3, -0.25) is 4.57 Å². The van der Waals surface area contributed by atoms with Crippen LogP contribution in [-0.4, -0.2) is 32.5 Å². The number of aliphatic hydroxyl groups is 1. The van der Waals surface area contributed by atoms with Crippen molar-refractivity contribution in [2.75, 3.05) is 18.1 Å². The maximum Gasteiger partial charge on any atom is 0.351 e. The Labute approximate surface area is 141 Å². The van der Waals surface area contributed by atoms with Crippen molar-refractivity contribution in [2.24, 2.45) is 0 Å². The zero-order valence-electron chi connectivity index (χ0n) is 9.99. The molecule has 1 saturated heterocycles. The van der Waals surface area contributed by atoms with Crippen molar-refractivity contribution in [3.8, 4) is 0 Å². The van der Waals surface area contributed by atoms with E-state index in [2.05, 4.69) is 28.3 Å². The summed E-state index contributed by atoms with van der Waals surface area (Å²) >= 11 is 9.09. The van der Waals surface area contributed by atoms with E-state index in [-0.39, 0.29) is 24.1 Å². The summed E-state index contributed by atoms with van der Waals surface area (Å²) in [5, 5.41) is 8.88. The Hall–Kier alpha value is 0.700. The van der Waals surface area contributed by atoms with E-state index >= 15 is 0 Å². The lowest BCUT2D eigenvalue weighted by Crippen LogP contribution is -2.28. The molecule has 12 heteroatoms. The maximum atomic E-state index is 11.4. The van der Waals surface area contributed by atoms with Crippen molar-refractivity contribution in [1.82, 2.24) is 9.55 Å². The number of aromatic nitrogens is 2. The number of hydrogen-bond acceptors (Lipinski definition) is 11. The highest BCUT2D eigenvalue weighted by Gasteiger charge is 2.27. The third-order valence-corrected chi connectivity index (χ3v) is 8.08. The quantitative estimate of drug-likeness (QED) is 0.455. The number of nitrogens with zero attached hydrogens (tertiary/aromatic N) is 2. The van der Waals surface area contributed by atoms with Crippen LogP contribution in [-0.2, 0) is 4.74 Å². The SMILES string of the molecule is Nc1ccn([C@@H]2CS[C@H](CO)O2)c(=O)n1.SSSSS. The first-order chi connectivity index (χ1) is 9.62. The molecule has 1 aromatic heterocycles. The molecule has 0 unspecified atom stereocenters. The third-order valence-electron chi connectivity index (χ3n) is 2.11. The van der Waals surface area contributed by atoms with Gasteiger partial charge in [-0.2, -0.15) is 4.98 Å². The first kappa shape index (κ1) is 18.7. The minimum Gasteiger partial charge on any atom is -0.393 e. The van der Waals surface area contributed by atoms with Gasteiger partial charge in [-0.1, -0.05) is 23.3 Å². The largest absolute Gasteiger partial charge is 0.393 e. The molecule has 0 bridgehead atoms. The number of ether oxygens (including phenoxy) is 1. The van der Waals surface area contributed by atoms with Gasteiger partial charge in [-0.05, 0) is 35.5 Å². The summed E-state index contributed by atoms with van der Waals surface area (Å²) in [5.41, 5.74) is 4.67. The van der Waals surface area contributed by atoms with Gasteiger partial charge in [0.05, 0.1) is 6.61 Å². The number of aliphatic hydroxyl groups excluding tert-OH is 1. The van der Waals surface area contributed by atoms with Crippen LogP contribution < -0.4 is 11.4 Å². The summed E-state index contributed by atoms with van der Waals surface area (Å²) in [5.74, 6) is 0.817. The highest BCUT2D eigenvalue weighted by Crippen LogP contribution is 2.38. The second kappa shape index (κ2) is 10.4. The highest BCUT2D eigenvalue weighted by molar-refractivity contribution is 9.32. The topological polar surface area (TPSA) is 90.4 Å². The van der Waals surface area contributed by atoms with Gasteiger partial charge in [0.1, 0.15) is 17.5 Å². The van der Waals surface area contributed by atoms with Gasteiger partial charge < -0.3 is 15.6 Å². The van der Waals surface area contributed by atoms with Crippen LogP contribution in [0.3, 0.4) is 0 Å². The predicted octanol–water partition coefficient (Wildman–Crippen LogP) is 2.11. The number of rotatable bonds is 4. The molecule has 0 radical (unpaired) electrons. The van der Waals surface area contributed by atoms with Gasteiger partial charge >= 0.3 is 5.69 Å². The number of anilines is 1. The molecule has 1 aliphatic rings. The molecule has 1 aromatic rings. The van der Waals surface area contributed by atoms with Crippen molar-refractivity contribution in [1.29, 1.82) is 0 Å². The van der Waals surface area contributed by atoms with Crippen LogP contribution in [0.2, 0.25) is 0 Å². The molecule has 0 aliphatic carbocycles. The molecule has 0 saturated carbocycles. The number of hydrogen-bond donors (Lipinski definition) is 4. The van der Waals surface area contributed by atoms with Crippen LogP contribution in [0.15, 0.2) is 17.1 Å². The van der Waals surface area contributed by atoms with Crippen LogP contribution >= 0.6 is 64.6 Å². The summed E-state index contributed by atoms with van der Waals surface area (Å²) in [7, 11) is 4.32. The molecule has 20 heavy (non-hydrogen) atoms. The molecule has 3 N–H and O–H groups in total. The summed E-state index contributed by atoms with van der Waals surface area (Å²) in [4.78, 5) is 15.0. The lowest BCUT2D eigenvalue weighted by molar-refractivity contribution is -0.00629. The van der Waals surface area contributed by atoms with E-state index < -0.39 is 5.69 Å². The van der Waals surface area contributed by atoms with Gasteiger partial charge in [0.15, 0.2) is 0 Å². The molecule has 2 atom stereocenters. The summed E-state index contributed by atoms with van der Waals surface area (Å²) in [6.07, 6.45) is 1.18. The third kappa shape index (κ3) is 6.22. The van der Waals surface area contributed by atoms with Gasteiger partial charge in [0, 0.05) is 11.9 Å². The zero-order valence-corrected chi connectivity index (χ0v) is 15.0. The second-order valence-corrected chi connectivity index (χ2v) is 10.1. The average molecular weight is 392 g/mol. The van der Waals surface area contributed by atoms with Gasteiger partial charge in [-0.25, -0.2) is 4.79 Å². The van der Waals surface area contributed by atoms with Crippen molar-refractivity contribution in [3.05, 3.63) is 22.7 Å². The maximum absolute atomic E-state index is 11.4. The van der Waals surface area contributed by atoms with Crippen LogP contribution in [0.1, 0.15) is 6.23 Å². The summed E-state index contributed by atoms with van der Waals surface area (Å²) in [6.45, 7) is -0.0572. The molecule has 0 aromatic carbocycles. The lowest BCUT2D eigenvalue weighted by atomic mass is 10.5. The van der Waals surface area contributed by atoms with E-state index in [0.717, 1.165) is 0 Å². The molecule has 2 heterocycles. The monoisotopic (exact) mass is 391 g/mol. The molecule has 1 aliphatic heterocycles. The van der Waals surface area contributed by atoms with Crippen LogP contribution in [0, 0.1) is 0 Å². The number of thiol groups is 2. The molecule has 1 fully saturated rings. The second-order valence-electron chi connectivity index (χ2n) is 3.30. The lowest BCUT2D eigenvalue weighted by Gasteiger charge is -2.13. The van der Waals surface area contributed by atoms with Crippen molar-refractivity contribution in [2.45, 2.75) is 11.7 Å². The molecule has 114 valence electrons. The summed E-state index contributed by atoms with van der Waals surface area (Å²) < 4.78 is 6.79. The highest BCUT2D eigenvalue weighted by atomic mass is 33.8. The average Bonchev–Trinajstić information content (AvgIpc) is 2.89. The normalized spacial score (nSPS) is 21.4. The van der Waals surface area contributed by atoms with Crippen molar-refractivity contribution < 1.29 is 9.84 Å². The van der Waals surface area contributed by atoms with Crippen molar-refractivity contribution in [3.63, 3.8) is 0 Å². The standard InChI is InChI=1S/C8H11N3O3S.H2S5/c9-5-1-2-11(8(13)10-5)6-4-15-7(3-12)14-6;1-3-5-4-2/h1-2,6-7,12H,3-4H2,(H2,9,10,13);1-2H/t6-,7+;/m0./s1. The first-order valence-electron chi connectivity index (χ1n) is 5.13. The Bertz CT molecular complexity index is 459. The fourth-order valence-corrected chi connectivity index (χ4v) is 5.57. The van der Waals surface area contributed by atoms with E-state index in [4.69, 9.17) is 15.6 Å². The van der Waals surface area contributed by atoms with Crippen molar-refractivity contribution >= 4 is 70.4 Å². The van der Waals surface area contributed by atoms with Gasteiger partial charge in [-0.15, -0.1) is 11.8 Å². The van der Waals surface area contributed by atoms with Crippen LogP contribution in [0.5, 0.6) is 0 Å². The molecular weight excluding hydrogens is 379 g/mol. The Morgan fingerprint density at radius 3 is 2.75 bits per heavy atom. The zero-order chi connectivity index (χ0) is 15.0. The first-order valence-corrected chi connectivity index (χ1v) is 11.8. The molecule has 6 nitrogen and oxygen atoms in total. The molecule has 0 spiro atoms. The van der Waals surface area contributed by atoms with E-state index in [9.17, 15) is 4.79 Å². The number of nitrogen functional groups attached to an aromatic ring is 1. The summed E-state index contributed by atoms with van der Waals surface area (Å²) in [6, 6.07) is 1.54. The Balaban J connectivity index is 0.000000347. The minimum absolute atomic E-state index is 0.0572. The Morgan fingerprint density at radius 2 is 2.30 bits per heavy atom. The molecule has 2 rings (SSSR count). The fourth-order valence-electron chi connectivity index (χ4n) is 1.34. The van der Waals surface area contributed by atoms with E-state index in [1.165, 1.54) is 45.8 Å². The van der Waals surface area contributed by atoms with E-state index in [0.29, 0.717) is 5.75 Å². The number of nitrogens with two attached hydrogens (primary N) is 1. The van der Waals surface area contributed by atoms with E-state index in [1.54, 1.807) is 12.3 Å². The number of thioether (sulfide) groups is 1. The smallest absolute Gasteiger partial charge is 0.351 e. The molecular formula is C8H13N3O3S6. The van der Waals surface area contributed by atoms with Gasteiger partial charge in [0.2, 0.25) is 0 Å². The Kier molecular flexibility index (Phi) is 9.78.